The van der Waals surface area contributed by atoms with E-state index >= 15 is 0 Å². The monoisotopic (exact) mass is 418 g/mol. The van der Waals surface area contributed by atoms with Crippen LogP contribution in [0.4, 0.5) is 0 Å². The maximum Gasteiger partial charge on any atom is 0.254 e. The molecule has 0 bridgehead atoms. The quantitative estimate of drug-likeness (QED) is 0.714. The molecule has 164 valence electrons. The van der Waals surface area contributed by atoms with E-state index in [1.807, 2.05) is 30.3 Å². The van der Waals surface area contributed by atoms with Gasteiger partial charge in [0.2, 0.25) is 0 Å². The highest BCUT2D eigenvalue weighted by molar-refractivity contribution is 5.94. The van der Waals surface area contributed by atoms with Crippen molar-refractivity contribution in [2.45, 2.75) is 62.2 Å². The van der Waals surface area contributed by atoms with Crippen molar-refractivity contribution >= 4 is 5.91 Å². The molecule has 1 saturated heterocycles. The van der Waals surface area contributed by atoms with Crippen LogP contribution in [0.15, 0.2) is 60.7 Å². The molecular weight excluding hydrogens is 384 g/mol. The summed E-state index contributed by atoms with van der Waals surface area (Å²) < 4.78 is 6.77. The van der Waals surface area contributed by atoms with Crippen LogP contribution in [0.3, 0.4) is 0 Å². The van der Waals surface area contributed by atoms with Gasteiger partial charge in [0.1, 0.15) is 0 Å². The molecule has 1 amide bonds. The maximum absolute atomic E-state index is 13.2. The number of benzene rings is 2. The molecule has 2 spiro atoms. The Bertz CT molecular complexity index is 886. The third-order valence-corrected chi connectivity index (χ3v) is 7.59. The molecule has 2 aromatic carbocycles. The molecule has 1 heterocycles. The van der Waals surface area contributed by atoms with Crippen LogP contribution in [0.25, 0.3) is 0 Å². The molecule has 0 unspecified atom stereocenters. The van der Waals surface area contributed by atoms with Gasteiger partial charge in [0.25, 0.3) is 5.91 Å². The molecule has 4 heteroatoms. The minimum absolute atomic E-state index is 0.0747. The molecule has 0 N–H and O–H groups in total. The molecule has 31 heavy (non-hydrogen) atoms. The van der Waals surface area contributed by atoms with Crippen LogP contribution in [0.1, 0.15) is 54.4 Å². The lowest BCUT2D eigenvalue weighted by molar-refractivity contribution is -0.178. The number of likely N-dealkylation sites (N-methyl/N-ethyl adjacent to an activating group) is 1. The van der Waals surface area contributed by atoms with Gasteiger partial charge in [-0.3, -0.25) is 4.79 Å². The average Bonchev–Trinajstić information content (AvgIpc) is 3.55. The maximum atomic E-state index is 13.2. The van der Waals surface area contributed by atoms with Gasteiger partial charge in [-0.25, -0.2) is 0 Å². The predicted octanol–water partition coefficient (Wildman–Crippen LogP) is 4.55. The number of rotatable bonds is 5. The summed E-state index contributed by atoms with van der Waals surface area (Å²) in [6, 6.07) is 21.1. The third-order valence-electron chi connectivity index (χ3n) is 7.59. The van der Waals surface area contributed by atoms with Crippen molar-refractivity contribution in [1.82, 2.24) is 9.80 Å². The number of morpholine rings is 1. The van der Waals surface area contributed by atoms with E-state index < -0.39 is 0 Å². The normalized spacial score (nSPS) is 27.0. The molecule has 0 atom stereocenters. The van der Waals surface area contributed by atoms with Crippen LogP contribution in [0, 0.1) is 0 Å². The molecule has 4 nitrogen and oxygen atoms in total. The highest BCUT2D eigenvalue weighted by atomic mass is 16.5. The number of ether oxygens (including phenoxy) is 1. The van der Waals surface area contributed by atoms with Gasteiger partial charge in [-0.15, -0.1) is 0 Å². The highest BCUT2D eigenvalue weighted by Gasteiger charge is 2.56. The summed E-state index contributed by atoms with van der Waals surface area (Å²) in [5, 5.41) is 0. The largest absolute Gasteiger partial charge is 0.365 e. The van der Waals surface area contributed by atoms with E-state index in [4.69, 9.17) is 4.74 Å². The Labute approximate surface area is 186 Å². The van der Waals surface area contributed by atoms with E-state index in [2.05, 4.69) is 47.2 Å². The fraction of sp³-hybridized carbons (Fsp3) is 0.519. The van der Waals surface area contributed by atoms with Gasteiger partial charge in [0.05, 0.1) is 24.3 Å². The topological polar surface area (TPSA) is 32.8 Å². The molecule has 2 aromatic rings. The molecule has 0 aromatic heterocycles. The number of hydrogen-bond donors (Lipinski definition) is 0. The summed E-state index contributed by atoms with van der Waals surface area (Å²) in [6.45, 7) is 2.58. The van der Waals surface area contributed by atoms with Crippen molar-refractivity contribution in [2.75, 3.05) is 26.7 Å². The smallest absolute Gasteiger partial charge is 0.254 e. The predicted molar refractivity (Wildman–Crippen MR) is 123 cm³/mol. The Balaban J connectivity index is 1.21. The zero-order valence-corrected chi connectivity index (χ0v) is 18.6. The van der Waals surface area contributed by atoms with Gasteiger partial charge in [-0.05, 0) is 69.7 Å². The standard InChI is InChI=1S/C27H34N2O2/c1-28(19-14-22-8-4-2-5-9-22)24-12-15-26(16-13-24)20-29(21-27(31-26)17-18-27)25(30)23-10-6-3-7-11-23/h2-11,24H,12-21H2,1H3/t24-,26-. The highest BCUT2D eigenvalue weighted by Crippen LogP contribution is 2.50. The van der Waals surface area contributed by atoms with E-state index in [1.165, 1.54) is 5.56 Å². The first-order valence-corrected chi connectivity index (χ1v) is 11.9. The number of carbonyl (C=O) groups excluding carboxylic acids is 1. The fourth-order valence-corrected chi connectivity index (χ4v) is 5.54. The summed E-state index contributed by atoms with van der Waals surface area (Å²) in [5.41, 5.74) is 1.97. The molecule has 5 rings (SSSR count). The SMILES string of the molecule is CN(CCc1ccccc1)[C@H]1CC[C@]2(CC1)CN(C(=O)c1ccccc1)CC1(CC1)O2. The number of amides is 1. The zero-order chi connectivity index (χ0) is 21.3. The summed E-state index contributed by atoms with van der Waals surface area (Å²) in [4.78, 5) is 17.8. The van der Waals surface area contributed by atoms with Crippen molar-refractivity contribution in [2.24, 2.45) is 0 Å². The lowest BCUT2D eigenvalue weighted by Crippen LogP contribution is -2.60. The first kappa shape index (κ1) is 20.7. The zero-order valence-electron chi connectivity index (χ0n) is 18.6. The third kappa shape index (κ3) is 4.56. The molecule has 3 fully saturated rings. The van der Waals surface area contributed by atoms with E-state index in [-0.39, 0.29) is 17.1 Å². The van der Waals surface area contributed by atoms with Gasteiger partial charge in [-0.1, -0.05) is 48.5 Å². The van der Waals surface area contributed by atoms with E-state index in [0.717, 1.165) is 70.1 Å². The second-order valence-electron chi connectivity index (χ2n) is 9.94. The van der Waals surface area contributed by atoms with Crippen LogP contribution in [0.5, 0.6) is 0 Å². The second-order valence-corrected chi connectivity index (χ2v) is 9.94. The number of carbonyl (C=O) groups is 1. The Morgan fingerprint density at radius 1 is 0.935 bits per heavy atom. The summed E-state index contributed by atoms with van der Waals surface area (Å²) in [5.74, 6) is 0.164. The van der Waals surface area contributed by atoms with Crippen molar-refractivity contribution < 1.29 is 9.53 Å². The van der Waals surface area contributed by atoms with Crippen molar-refractivity contribution in [1.29, 1.82) is 0 Å². The van der Waals surface area contributed by atoms with Gasteiger partial charge >= 0.3 is 0 Å². The minimum Gasteiger partial charge on any atom is -0.365 e. The van der Waals surface area contributed by atoms with Crippen molar-refractivity contribution in [3.05, 3.63) is 71.8 Å². The minimum atomic E-state index is -0.157. The van der Waals surface area contributed by atoms with Gasteiger partial charge in [0, 0.05) is 18.2 Å². The Kier molecular flexibility index (Phi) is 5.61. The number of hydrogen-bond acceptors (Lipinski definition) is 3. The van der Waals surface area contributed by atoms with Crippen molar-refractivity contribution in [3.8, 4) is 0 Å². The second kappa shape index (κ2) is 8.40. The molecule has 1 aliphatic heterocycles. The number of nitrogens with zero attached hydrogens (tertiary/aromatic N) is 2. The Hall–Kier alpha value is -2.17. The fourth-order valence-electron chi connectivity index (χ4n) is 5.54. The lowest BCUT2D eigenvalue weighted by Gasteiger charge is -2.51. The first-order chi connectivity index (χ1) is 15.1. The van der Waals surface area contributed by atoms with Gasteiger partial charge < -0.3 is 14.5 Å². The summed E-state index contributed by atoms with van der Waals surface area (Å²) in [6.07, 6.45) is 7.67. The summed E-state index contributed by atoms with van der Waals surface area (Å²) in [7, 11) is 2.26. The summed E-state index contributed by atoms with van der Waals surface area (Å²) >= 11 is 0. The van der Waals surface area contributed by atoms with Crippen LogP contribution in [-0.2, 0) is 11.2 Å². The first-order valence-electron chi connectivity index (χ1n) is 11.9. The molecule has 0 radical (unpaired) electrons. The van der Waals surface area contributed by atoms with E-state index in [1.54, 1.807) is 0 Å². The molecule has 2 aliphatic carbocycles. The molecular formula is C27H34N2O2. The van der Waals surface area contributed by atoms with Crippen LogP contribution < -0.4 is 0 Å². The van der Waals surface area contributed by atoms with Crippen LogP contribution >= 0.6 is 0 Å². The Morgan fingerprint density at radius 3 is 2.13 bits per heavy atom. The molecule has 3 aliphatic rings. The van der Waals surface area contributed by atoms with Crippen LogP contribution in [0.2, 0.25) is 0 Å². The average molecular weight is 419 g/mol. The Morgan fingerprint density at radius 2 is 1.52 bits per heavy atom. The van der Waals surface area contributed by atoms with Crippen LogP contribution in [-0.4, -0.2) is 59.6 Å². The van der Waals surface area contributed by atoms with Crippen molar-refractivity contribution in [3.63, 3.8) is 0 Å². The van der Waals surface area contributed by atoms with Gasteiger partial charge in [-0.2, -0.15) is 0 Å². The van der Waals surface area contributed by atoms with E-state index in [0.29, 0.717) is 6.04 Å². The molecule has 2 saturated carbocycles. The van der Waals surface area contributed by atoms with Gasteiger partial charge in [0.15, 0.2) is 0 Å². The van der Waals surface area contributed by atoms with E-state index in [9.17, 15) is 4.79 Å². The lowest BCUT2D eigenvalue weighted by atomic mass is 9.79.